The van der Waals surface area contributed by atoms with E-state index in [-0.39, 0.29) is 0 Å². The van der Waals surface area contributed by atoms with E-state index in [9.17, 15) is 0 Å². The van der Waals surface area contributed by atoms with Gasteiger partial charge >= 0.3 is 0 Å². The van der Waals surface area contributed by atoms with Gasteiger partial charge in [-0.15, -0.1) is 0 Å². The summed E-state index contributed by atoms with van der Waals surface area (Å²) in [6, 6.07) is 1.58. The molecule has 0 radical (unpaired) electrons. The lowest BCUT2D eigenvalue weighted by molar-refractivity contribution is 0.314. The highest BCUT2D eigenvalue weighted by molar-refractivity contribution is 5.79. The lowest BCUT2D eigenvalue weighted by Gasteiger charge is -2.19. The summed E-state index contributed by atoms with van der Waals surface area (Å²) in [5, 5.41) is 7.09. The molecule has 0 aromatic carbocycles. The van der Waals surface area contributed by atoms with Gasteiger partial charge in [-0.25, -0.2) is 0 Å². The van der Waals surface area contributed by atoms with Crippen LogP contribution in [0.15, 0.2) is 4.99 Å². The van der Waals surface area contributed by atoms with Crippen LogP contribution in [-0.2, 0) is 0 Å². The molecule has 2 saturated carbocycles. The van der Waals surface area contributed by atoms with E-state index in [0.29, 0.717) is 6.04 Å². The third-order valence-electron chi connectivity index (χ3n) is 4.86. The van der Waals surface area contributed by atoms with Gasteiger partial charge in [-0.1, -0.05) is 12.8 Å². The Morgan fingerprint density at radius 2 is 1.95 bits per heavy atom. The Labute approximate surface area is 117 Å². The summed E-state index contributed by atoms with van der Waals surface area (Å²) in [5.74, 6) is 1.82. The largest absolute Gasteiger partial charge is 0.356 e. The van der Waals surface area contributed by atoms with Crippen LogP contribution in [0.3, 0.4) is 0 Å². The van der Waals surface area contributed by atoms with Crippen LogP contribution in [-0.4, -0.2) is 49.6 Å². The van der Waals surface area contributed by atoms with E-state index >= 15 is 0 Å². The number of hydrogen-bond donors (Lipinski definition) is 2. The Balaban J connectivity index is 1.37. The SMILES string of the molecule is CN=C(NCC1CCN(C2CC2)C1)NC1CCCC1. The van der Waals surface area contributed by atoms with Crippen LogP contribution in [0.2, 0.25) is 0 Å². The molecule has 3 fully saturated rings. The second-order valence-electron chi connectivity index (χ2n) is 6.46. The van der Waals surface area contributed by atoms with Gasteiger partial charge in [0.2, 0.25) is 0 Å². The van der Waals surface area contributed by atoms with Crippen molar-refractivity contribution in [2.75, 3.05) is 26.7 Å². The summed E-state index contributed by atoms with van der Waals surface area (Å²) in [5.41, 5.74) is 0. The van der Waals surface area contributed by atoms with Gasteiger partial charge in [0.25, 0.3) is 0 Å². The van der Waals surface area contributed by atoms with E-state index in [1.54, 1.807) is 0 Å². The van der Waals surface area contributed by atoms with Crippen molar-refractivity contribution < 1.29 is 0 Å². The molecule has 1 saturated heterocycles. The molecular formula is C15H28N4. The molecule has 0 aromatic rings. The molecule has 0 spiro atoms. The number of aliphatic imine (C=N–C) groups is 1. The molecule has 3 aliphatic rings. The third-order valence-corrected chi connectivity index (χ3v) is 4.86. The molecule has 1 heterocycles. The second kappa shape index (κ2) is 6.12. The van der Waals surface area contributed by atoms with Crippen LogP contribution in [0, 0.1) is 5.92 Å². The fourth-order valence-corrected chi connectivity index (χ4v) is 3.50. The van der Waals surface area contributed by atoms with Crippen molar-refractivity contribution >= 4 is 5.96 Å². The molecule has 108 valence electrons. The number of nitrogens with zero attached hydrogens (tertiary/aromatic N) is 2. The zero-order chi connectivity index (χ0) is 13.1. The fourth-order valence-electron chi connectivity index (χ4n) is 3.50. The van der Waals surface area contributed by atoms with Gasteiger partial charge in [-0.2, -0.15) is 0 Å². The number of rotatable bonds is 4. The molecule has 1 atom stereocenters. The summed E-state index contributed by atoms with van der Waals surface area (Å²) in [7, 11) is 1.88. The first-order chi connectivity index (χ1) is 9.35. The van der Waals surface area contributed by atoms with E-state index < -0.39 is 0 Å². The predicted molar refractivity (Wildman–Crippen MR) is 79.5 cm³/mol. The molecule has 1 aliphatic heterocycles. The molecule has 2 aliphatic carbocycles. The summed E-state index contributed by atoms with van der Waals surface area (Å²) >= 11 is 0. The fraction of sp³-hybridized carbons (Fsp3) is 0.933. The van der Waals surface area contributed by atoms with Crippen LogP contribution in [0.25, 0.3) is 0 Å². The molecular weight excluding hydrogens is 236 g/mol. The second-order valence-corrected chi connectivity index (χ2v) is 6.46. The smallest absolute Gasteiger partial charge is 0.191 e. The van der Waals surface area contributed by atoms with Crippen molar-refractivity contribution in [1.29, 1.82) is 0 Å². The summed E-state index contributed by atoms with van der Waals surface area (Å²) in [4.78, 5) is 7.04. The number of guanidine groups is 1. The average molecular weight is 264 g/mol. The van der Waals surface area contributed by atoms with E-state index in [1.807, 2.05) is 7.05 Å². The van der Waals surface area contributed by atoms with Crippen molar-refractivity contribution in [1.82, 2.24) is 15.5 Å². The van der Waals surface area contributed by atoms with Crippen LogP contribution in [0.1, 0.15) is 44.9 Å². The number of likely N-dealkylation sites (tertiary alicyclic amines) is 1. The van der Waals surface area contributed by atoms with Crippen molar-refractivity contribution in [3.8, 4) is 0 Å². The van der Waals surface area contributed by atoms with E-state index in [0.717, 1.165) is 24.5 Å². The standard InChI is InChI=1S/C15H28N4/c1-16-15(18-13-4-2-3-5-13)17-10-12-8-9-19(11-12)14-6-7-14/h12-14H,2-11H2,1H3,(H2,16,17,18). The maximum absolute atomic E-state index is 4.36. The maximum atomic E-state index is 4.36. The first-order valence-corrected chi connectivity index (χ1v) is 8.06. The molecule has 0 bridgehead atoms. The first kappa shape index (κ1) is 13.2. The van der Waals surface area contributed by atoms with Crippen LogP contribution in [0.5, 0.6) is 0 Å². The highest BCUT2D eigenvalue weighted by Crippen LogP contribution is 2.31. The monoisotopic (exact) mass is 264 g/mol. The van der Waals surface area contributed by atoms with Gasteiger partial charge in [0, 0.05) is 32.2 Å². The van der Waals surface area contributed by atoms with E-state index in [1.165, 1.54) is 58.0 Å². The Morgan fingerprint density at radius 1 is 1.16 bits per heavy atom. The molecule has 3 rings (SSSR count). The topological polar surface area (TPSA) is 39.7 Å². The number of nitrogens with one attached hydrogen (secondary N) is 2. The zero-order valence-corrected chi connectivity index (χ0v) is 12.2. The van der Waals surface area contributed by atoms with E-state index in [2.05, 4.69) is 20.5 Å². The quantitative estimate of drug-likeness (QED) is 0.598. The van der Waals surface area contributed by atoms with Gasteiger partial charge in [0.05, 0.1) is 0 Å². The lowest BCUT2D eigenvalue weighted by Crippen LogP contribution is -2.44. The van der Waals surface area contributed by atoms with E-state index in [4.69, 9.17) is 0 Å². The lowest BCUT2D eigenvalue weighted by atomic mass is 10.1. The van der Waals surface area contributed by atoms with Crippen molar-refractivity contribution in [3.05, 3.63) is 0 Å². The average Bonchev–Trinajstić information content (AvgIpc) is 2.96. The Kier molecular flexibility index (Phi) is 4.26. The van der Waals surface area contributed by atoms with Gasteiger partial charge < -0.3 is 15.5 Å². The molecule has 0 aromatic heterocycles. The maximum Gasteiger partial charge on any atom is 0.191 e. The normalized spacial score (nSPS) is 29.9. The summed E-state index contributed by atoms with van der Waals surface area (Å²) < 4.78 is 0. The van der Waals surface area contributed by atoms with Gasteiger partial charge in [0.15, 0.2) is 5.96 Å². The van der Waals surface area contributed by atoms with Crippen molar-refractivity contribution in [3.63, 3.8) is 0 Å². The summed E-state index contributed by atoms with van der Waals surface area (Å²) in [6.45, 7) is 3.68. The van der Waals surface area contributed by atoms with Gasteiger partial charge in [0.1, 0.15) is 0 Å². The molecule has 2 N–H and O–H groups in total. The van der Waals surface area contributed by atoms with Gasteiger partial charge in [-0.05, 0) is 44.6 Å². The molecule has 0 amide bonds. The van der Waals surface area contributed by atoms with Crippen LogP contribution >= 0.6 is 0 Å². The Morgan fingerprint density at radius 3 is 2.63 bits per heavy atom. The minimum absolute atomic E-state index is 0.651. The first-order valence-electron chi connectivity index (χ1n) is 8.06. The zero-order valence-electron chi connectivity index (χ0n) is 12.2. The van der Waals surface area contributed by atoms with Crippen molar-refractivity contribution in [2.24, 2.45) is 10.9 Å². The molecule has 1 unspecified atom stereocenters. The molecule has 19 heavy (non-hydrogen) atoms. The Hall–Kier alpha value is -0.770. The molecule has 4 heteroatoms. The van der Waals surface area contributed by atoms with Crippen molar-refractivity contribution in [2.45, 2.75) is 57.0 Å². The minimum Gasteiger partial charge on any atom is -0.356 e. The minimum atomic E-state index is 0.651. The highest BCUT2D eigenvalue weighted by Gasteiger charge is 2.34. The number of hydrogen-bond acceptors (Lipinski definition) is 2. The molecule has 4 nitrogen and oxygen atoms in total. The van der Waals surface area contributed by atoms with Gasteiger partial charge in [-0.3, -0.25) is 4.99 Å². The highest BCUT2D eigenvalue weighted by atomic mass is 15.2. The Bertz CT molecular complexity index is 318. The predicted octanol–water partition coefficient (Wildman–Crippen LogP) is 1.58. The van der Waals surface area contributed by atoms with Crippen LogP contribution in [0.4, 0.5) is 0 Å². The van der Waals surface area contributed by atoms with Crippen LogP contribution < -0.4 is 10.6 Å². The third kappa shape index (κ3) is 3.62. The summed E-state index contributed by atoms with van der Waals surface area (Å²) in [6.07, 6.45) is 9.57.